The Labute approximate surface area is 162 Å². The molecule has 3 rings (SSSR count). The molecule has 1 aliphatic heterocycles. The summed E-state index contributed by atoms with van der Waals surface area (Å²) < 4.78 is 5.09. The van der Waals surface area contributed by atoms with E-state index < -0.39 is 29.3 Å². The molecule has 1 aliphatic carbocycles. The number of hydrogen-bond donors (Lipinski definition) is 1. The third-order valence-corrected chi connectivity index (χ3v) is 5.38. The zero-order chi connectivity index (χ0) is 20.3. The minimum atomic E-state index is -1.80. The van der Waals surface area contributed by atoms with Crippen molar-refractivity contribution >= 4 is 11.8 Å². The van der Waals surface area contributed by atoms with E-state index in [9.17, 15) is 20.6 Å². The lowest BCUT2D eigenvalue weighted by Crippen LogP contribution is -2.53. The van der Waals surface area contributed by atoms with Gasteiger partial charge in [-0.15, -0.1) is 0 Å². The van der Waals surface area contributed by atoms with Crippen molar-refractivity contribution in [3.05, 3.63) is 41.7 Å². The molecule has 8 heteroatoms. The van der Waals surface area contributed by atoms with Crippen LogP contribution in [0, 0.1) is 56.7 Å². The lowest BCUT2D eigenvalue weighted by Gasteiger charge is -2.47. The van der Waals surface area contributed by atoms with Crippen LogP contribution in [0.15, 0.2) is 36.2 Å². The van der Waals surface area contributed by atoms with Crippen LogP contribution < -0.4 is 0 Å². The Bertz CT molecular complexity index is 936. The van der Waals surface area contributed by atoms with Gasteiger partial charge in [-0.1, -0.05) is 6.08 Å². The van der Waals surface area contributed by atoms with Crippen molar-refractivity contribution in [1.29, 1.82) is 21.2 Å². The summed E-state index contributed by atoms with van der Waals surface area (Å²) in [6, 6.07) is 9.58. The first-order chi connectivity index (χ1) is 13.5. The monoisotopic (exact) mass is 374 g/mol. The second kappa shape index (κ2) is 7.50. The highest BCUT2D eigenvalue weighted by molar-refractivity contribution is 6.01. The molecule has 28 heavy (non-hydrogen) atoms. The Kier molecular flexibility index (Phi) is 5.11. The Morgan fingerprint density at radius 3 is 2.61 bits per heavy atom. The molecule has 0 radical (unpaired) electrons. The number of pyridine rings is 1. The normalized spacial score (nSPS) is 25.4. The second-order valence-corrected chi connectivity index (χ2v) is 6.67. The maximum Gasteiger partial charge on any atom is 0.410 e. The number of nitriles is 3. The zero-order valence-corrected chi connectivity index (χ0v) is 15.3. The first-order valence-electron chi connectivity index (χ1n) is 8.87. The first-order valence-corrected chi connectivity index (χ1v) is 8.87. The standard InChI is InChI=1S/C20H18N6O2/c1-2-28-19(27)26-8-5-16-15(10-26)17(13-3-6-25-7-4-13)14(9-21)18(24)20(16,11-22)12-23/h3-7,14-15,17,24H,2,8,10H2,1H3/t14-,15-,17-/m1/s1. The minimum absolute atomic E-state index is 0.184. The summed E-state index contributed by atoms with van der Waals surface area (Å²) in [5, 5.41) is 37.9. The van der Waals surface area contributed by atoms with E-state index in [1.54, 1.807) is 37.5 Å². The predicted molar refractivity (Wildman–Crippen MR) is 97.6 cm³/mol. The predicted octanol–water partition coefficient (Wildman–Crippen LogP) is 2.39. The molecule has 1 aromatic rings. The smallest absolute Gasteiger partial charge is 0.410 e. The van der Waals surface area contributed by atoms with Crippen LogP contribution in [-0.4, -0.2) is 41.4 Å². The van der Waals surface area contributed by atoms with Gasteiger partial charge in [-0.3, -0.25) is 4.98 Å². The lowest BCUT2D eigenvalue weighted by atomic mass is 9.55. The van der Waals surface area contributed by atoms with Crippen molar-refractivity contribution in [2.75, 3.05) is 19.7 Å². The van der Waals surface area contributed by atoms with E-state index in [0.29, 0.717) is 5.57 Å². The Balaban J connectivity index is 2.16. The third kappa shape index (κ3) is 2.78. The SMILES string of the molecule is CCOC(=O)N1CC=C2[C@@H](C1)[C@H](c1ccncc1)[C@@H](C#N)C(=N)C2(C#N)C#N. The molecular weight excluding hydrogens is 356 g/mol. The van der Waals surface area contributed by atoms with Crippen LogP contribution in [-0.2, 0) is 4.74 Å². The Morgan fingerprint density at radius 2 is 2.04 bits per heavy atom. The van der Waals surface area contributed by atoms with Crippen LogP contribution >= 0.6 is 0 Å². The van der Waals surface area contributed by atoms with Crippen LogP contribution in [0.5, 0.6) is 0 Å². The van der Waals surface area contributed by atoms with E-state index >= 15 is 0 Å². The molecule has 2 aliphatic rings. The van der Waals surface area contributed by atoms with Gasteiger partial charge in [-0.05, 0) is 30.2 Å². The van der Waals surface area contributed by atoms with Crippen LogP contribution in [0.3, 0.4) is 0 Å². The van der Waals surface area contributed by atoms with Crippen molar-refractivity contribution in [1.82, 2.24) is 9.88 Å². The molecule has 8 nitrogen and oxygen atoms in total. The molecule has 0 bridgehead atoms. The van der Waals surface area contributed by atoms with E-state index in [1.807, 2.05) is 12.1 Å². The van der Waals surface area contributed by atoms with E-state index in [0.717, 1.165) is 5.56 Å². The Morgan fingerprint density at radius 1 is 1.36 bits per heavy atom. The molecule has 0 spiro atoms. The van der Waals surface area contributed by atoms with Crippen LogP contribution in [0.4, 0.5) is 4.79 Å². The average Bonchev–Trinajstić information content (AvgIpc) is 2.74. The summed E-state index contributed by atoms with van der Waals surface area (Å²) in [7, 11) is 0. The van der Waals surface area contributed by atoms with Crippen molar-refractivity contribution in [3.63, 3.8) is 0 Å². The number of carbonyl (C=O) groups is 1. The van der Waals surface area contributed by atoms with Crippen molar-refractivity contribution in [3.8, 4) is 18.2 Å². The summed E-state index contributed by atoms with van der Waals surface area (Å²) in [5.41, 5.74) is -0.752. The van der Waals surface area contributed by atoms with Gasteiger partial charge in [0.2, 0.25) is 5.41 Å². The van der Waals surface area contributed by atoms with Gasteiger partial charge in [0.1, 0.15) is 0 Å². The summed E-state index contributed by atoms with van der Waals surface area (Å²) >= 11 is 0. The number of ether oxygens (including phenoxy) is 1. The fourth-order valence-corrected chi connectivity index (χ4v) is 4.10. The highest BCUT2D eigenvalue weighted by atomic mass is 16.6. The van der Waals surface area contributed by atoms with Crippen LogP contribution in [0.2, 0.25) is 0 Å². The lowest BCUT2D eigenvalue weighted by molar-refractivity contribution is 0.0998. The number of hydrogen-bond acceptors (Lipinski definition) is 7. The molecule has 1 aromatic heterocycles. The van der Waals surface area contributed by atoms with E-state index in [1.165, 1.54) is 4.90 Å². The van der Waals surface area contributed by atoms with E-state index in [2.05, 4.69) is 11.1 Å². The van der Waals surface area contributed by atoms with Gasteiger partial charge in [0.25, 0.3) is 0 Å². The summed E-state index contributed by atoms with van der Waals surface area (Å²) in [5.74, 6) is -1.90. The first kappa shape index (κ1) is 19.1. The van der Waals surface area contributed by atoms with Gasteiger partial charge in [0.05, 0.1) is 36.4 Å². The fraction of sp³-hybridized carbons (Fsp3) is 0.400. The maximum absolute atomic E-state index is 12.3. The fourth-order valence-electron chi connectivity index (χ4n) is 4.10. The summed E-state index contributed by atoms with van der Waals surface area (Å²) in [6.45, 7) is 2.33. The second-order valence-electron chi connectivity index (χ2n) is 6.67. The molecular formula is C20H18N6O2. The molecule has 0 unspecified atom stereocenters. The molecule has 1 amide bonds. The van der Waals surface area contributed by atoms with Crippen molar-refractivity contribution in [2.45, 2.75) is 12.8 Å². The molecule has 1 fully saturated rings. The maximum atomic E-state index is 12.3. The van der Waals surface area contributed by atoms with Gasteiger partial charge in [-0.2, -0.15) is 15.8 Å². The van der Waals surface area contributed by atoms with Gasteiger partial charge < -0.3 is 15.0 Å². The van der Waals surface area contributed by atoms with Crippen molar-refractivity contribution in [2.24, 2.45) is 17.3 Å². The van der Waals surface area contributed by atoms with E-state index in [-0.39, 0.29) is 25.4 Å². The molecule has 3 atom stereocenters. The average molecular weight is 374 g/mol. The van der Waals surface area contributed by atoms with E-state index in [4.69, 9.17) is 10.1 Å². The molecule has 2 heterocycles. The van der Waals surface area contributed by atoms with Crippen LogP contribution in [0.1, 0.15) is 18.4 Å². The number of nitrogens with zero attached hydrogens (tertiary/aromatic N) is 5. The summed E-state index contributed by atoms with van der Waals surface area (Å²) in [4.78, 5) is 17.8. The number of amides is 1. The number of aromatic nitrogens is 1. The quantitative estimate of drug-likeness (QED) is 0.789. The largest absolute Gasteiger partial charge is 0.450 e. The zero-order valence-electron chi connectivity index (χ0n) is 15.3. The highest BCUT2D eigenvalue weighted by Gasteiger charge is 2.56. The van der Waals surface area contributed by atoms with Gasteiger partial charge in [0.15, 0.2) is 0 Å². The molecule has 0 saturated heterocycles. The minimum Gasteiger partial charge on any atom is -0.450 e. The van der Waals surface area contributed by atoms with Crippen LogP contribution in [0.25, 0.3) is 0 Å². The topological polar surface area (TPSA) is 138 Å². The van der Waals surface area contributed by atoms with Gasteiger partial charge in [-0.25, -0.2) is 4.79 Å². The summed E-state index contributed by atoms with van der Waals surface area (Å²) in [6.07, 6.45) is 4.37. The number of carbonyl (C=O) groups excluding carboxylic acids is 1. The van der Waals surface area contributed by atoms with Gasteiger partial charge in [0, 0.05) is 37.3 Å². The third-order valence-electron chi connectivity index (χ3n) is 5.38. The molecule has 1 saturated carbocycles. The number of nitrogens with one attached hydrogen (secondary N) is 1. The number of fused-ring (bicyclic) bond motifs is 1. The van der Waals surface area contributed by atoms with Gasteiger partial charge >= 0.3 is 6.09 Å². The Hall–Kier alpha value is -3.70. The molecule has 140 valence electrons. The molecule has 1 N–H and O–H groups in total. The highest BCUT2D eigenvalue weighted by Crippen LogP contribution is 2.52. The number of rotatable bonds is 2. The van der Waals surface area contributed by atoms with Crippen molar-refractivity contribution < 1.29 is 9.53 Å². The molecule has 0 aromatic carbocycles.